The fourth-order valence-electron chi connectivity index (χ4n) is 2.36. The van der Waals surface area contributed by atoms with Crippen LogP contribution in [0.5, 0.6) is 0 Å². The van der Waals surface area contributed by atoms with E-state index in [4.69, 9.17) is 4.74 Å². The number of nitrogens with zero attached hydrogens (tertiary/aromatic N) is 1. The number of aliphatic hydroxyl groups excluding tert-OH is 1. The standard InChI is InChI=1S/C15H28N2O4/c1-5-12(18)13(19)17-8-6-7-11(10-17)9-16-14(20)21-15(2,3)4/h11-12,18H,5-10H2,1-4H3,(H,16,20)/t11-,12+/m1/s1. The number of alkyl carbamates (subject to hydrolysis) is 1. The van der Waals surface area contributed by atoms with E-state index in [0.717, 1.165) is 12.8 Å². The molecule has 1 rings (SSSR count). The lowest BCUT2D eigenvalue weighted by Crippen LogP contribution is -2.47. The van der Waals surface area contributed by atoms with Crippen LogP contribution in [0.15, 0.2) is 0 Å². The molecule has 1 aliphatic heterocycles. The Morgan fingerprint density at radius 1 is 1.43 bits per heavy atom. The van der Waals surface area contributed by atoms with Crippen molar-refractivity contribution in [3.63, 3.8) is 0 Å². The van der Waals surface area contributed by atoms with Crippen molar-refractivity contribution in [2.24, 2.45) is 5.92 Å². The first kappa shape index (κ1) is 17.8. The zero-order chi connectivity index (χ0) is 16.0. The topological polar surface area (TPSA) is 78.9 Å². The number of aliphatic hydroxyl groups is 1. The van der Waals surface area contributed by atoms with Crippen LogP contribution >= 0.6 is 0 Å². The fourth-order valence-corrected chi connectivity index (χ4v) is 2.36. The van der Waals surface area contributed by atoms with E-state index in [-0.39, 0.29) is 11.8 Å². The molecular formula is C15H28N2O4. The van der Waals surface area contributed by atoms with Crippen molar-refractivity contribution in [2.75, 3.05) is 19.6 Å². The van der Waals surface area contributed by atoms with Crippen molar-refractivity contribution in [1.29, 1.82) is 0 Å². The van der Waals surface area contributed by atoms with Gasteiger partial charge in [0.05, 0.1) is 0 Å². The third-order valence-corrected chi connectivity index (χ3v) is 3.44. The normalized spacial score (nSPS) is 20.8. The number of piperidine rings is 1. The number of amides is 2. The first-order valence-corrected chi connectivity index (χ1v) is 7.66. The molecule has 21 heavy (non-hydrogen) atoms. The van der Waals surface area contributed by atoms with Gasteiger partial charge in [0, 0.05) is 19.6 Å². The number of carbonyl (C=O) groups is 2. The van der Waals surface area contributed by atoms with Crippen molar-refractivity contribution in [3.8, 4) is 0 Å². The van der Waals surface area contributed by atoms with Crippen LogP contribution < -0.4 is 5.32 Å². The van der Waals surface area contributed by atoms with Gasteiger partial charge in [-0.15, -0.1) is 0 Å². The van der Waals surface area contributed by atoms with Crippen molar-refractivity contribution < 1.29 is 19.4 Å². The molecule has 0 spiro atoms. The smallest absolute Gasteiger partial charge is 0.407 e. The summed E-state index contributed by atoms with van der Waals surface area (Å²) in [5.41, 5.74) is -0.510. The highest BCUT2D eigenvalue weighted by atomic mass is 16.6. The largest absolute Gasteiger partial charge is 0.444 e. The second kappa shape index (κ2) is 7.64. The van der Waals surface area contributed by atoms with Crippen LogP contribution in [0.2, 0.25) is 0 Å². The SMILES string of the molecule is CC[C@H](O)C(=O)N1CCC[C@H](CNC(=O)OC(C)(C)C)C1. The van der Waals surface area contributed by atoms with E-state index in [9.17, 15) is 14.7 Å². The minimum absolute atomic E-state index is 0.208. The maximum atomic E-state index is 12.0. The summed E-state index contributed by atoms with van der Waals surface area (Å²) < 4.78 is 5.19. The summed E-state index contributed by atoms with van der Waals surface area (Å²) in [5, 5.41) is 12.4. The summed E-state index contributed by atoms with van der Waals surface area (Å²) in [5.74, 6) is -0.00116. The summed E-state index contributed by atoms with van der Waals surface area (Å²) in [4.78, 5) is 25.3. The third kappa shape index (κ3) is 6.33. The molecule has 2 atom stereocenters. The van der Waals surface area contributed by atoms with Gasteiger partial charge in [-0.3, -0.25) is 4.79 Å². The molecule has 6 nitrogen and oxygen atoms in total. The number of hydrogen-bond donors (Lipinski definition) is 2. The first-order valence-electron chi connectivity index (χ1n) is 7.66. The van der Waals surface area contributed by atoms with Gasteiger partial charge < -0.3 is 20.1 Å². The molecule has 1 saturated heterocycles. The quantitative estimate of drug-likeness (QED) is 0.825. The second-order valence-corrected chi connectivity index (χ2v) is 6.60. The number of ether oxygens (including phenoxy) is 1. The molecule has 6 heteroatoms. The first-order chi connectivity index (χ1) is 9.73. The lowest BCUT2D eigenvalue weighted by atomic mass is 9.97. The molecular weight excluding hydrogens is 272 g/mol. The monoisotopic (exact) mass is 300 g/mol. The third-order valence-electron chi connectivity index (χ3n) is 3.44. The molecule has 0 aromatic heterocycles. The molecule has 0 bridgehead atoms. The molecule has 0 radical (unpaired) electrons. The molecule has 1 fully saturated rings. The molecule has 1 heterocycles. The number of nitrogens with one attached hydrogen (secondary N) is 1. The molecule has 1 aliphatic rings. The maximum Gasteiger partial charge on any atom is 0.407 e. The van der Waals surface area contributed by atoms with Gasteiger partial charge in [0.2, 0.25) is 0 Å². The van der Waals surface area contributed by atoms with E-state index in [0.29, 0.717) is 26.1 Å². The molecule has 0 aromatic rings. The number of rotatable bonds is 4. The van der Waals surface area contributed by atoms with Crippen molar-refractivity contribution in [3.05, 3.63) is 0 Å². The van der Waals surface area contributed by atoms with E-state index >= 15 is 0 Å². The van der Waals surface area contributed by atoms with Gasteiger partial charge in [0.1, 0.15) is 11.7 Å². The highest BCUT2D eigenvalue weighted by Gasteiger charge is 2.27. The summed E-state index contributed by atoms with van der Waals surface area (Å²) in [6, 6.07) is 0. The molecule has 0 aromatic carbocycles. The molecule has 2 N–H and O–H groups in total. The van der Waals surface area contributed by atoms with E-state index in [2.05, 4.69) is 5.32 Å². The Morgan fingerprint density at radius 3 is 2.67 bits per heavy atom. The Hall–Kier alpha value is -1.30. The zero-order valence-electron chi connectivity index (χ0n) is 13.5. The number of hydrogen-bond acceptors (Lipinski definition) is 4. The van der Waals surface area contributed by atoms with Crippen LogP contribution in [-0.4, -0.2) is 53.3 Å². The minimum Gasteiger partial charge on any atom is -0.444 e. The van der Waals surface area contributed by atoms with E-state index in [1.807, 2.05) is 20.8 Å². The van der Waals surface area contributed by atoms with Gasteiger partial charge >= 0.3 is 6.09 Å². The highest BCUT2D eigenvalue weighted by molar-refractivity contribution is 5.80. The Balaban J connectivity index is 2.40. The van der Waals surface area contributed by atoms with Crippen LogP contribution in [0, 0.1) is 5.92 Å². The highest BCUT2D eigenvalue weighted by Crippen LogP contribution is 2.17. The Labute approximate surface area is 126 Å². The zero-order valence-corrected chi connectivity index (χ0v) is 13.5. The number of carbonyl (C=O) groups excluding carboxylic acids is 2. The van der Waals surface area contributed by atoms with Gasteiger partial charge in [0.25, 0.3) is 5.91 Å². The fraction of sp³-hybridized carbons (Fsp3) is 0.867. The predicted octanol–water partition coefficient (Wildman–Crippen LogP) is 1.52. The Morgan fingerprint density at radius 2 is 2.10 bits per heavy atom. The van der Waals surface area contributed by atoms with E-state index in [1.165, 1.54) is 0 Å². The summed E-state index contributed by atoms with van der Waals surface area (Å²) in [6.45, 7) is 8.98. The lowest BCUT2D eigenvalue weighted by molar-refractivity contribution is -0.142. The van der Waals surface area contributed by atoms with Gasteiger partial charge in [-0.1, -0.05) is 6.92 Å². The summed E-state index contributed by atoms with van der Waals surface area (Å²) >= 11 is 0. The average molecular weight is 300 g/mol. The molecule has 122 valence electrons. The van der Waals surface area contributed by atoms with Gasteiger partial charge in [-0.2, -0.15) is 0 Å². The maximum absolute atomic E-state index is 12.0. The average Bonchev–Trinajstić information content (AvgIpc) is 2.42. The van der Waals surface area contributed by atoms with Crippen molar-refractivity contribution in [1.82, 2.24) is 10.2 Å². The Bertz CT molecular complexity index is 365. The second-order valence-electron chi connectivity index (χ2n) is 6.60. The molecule has 2 amide bonds. The predicted molar refractivity (Wildman–Crippen MR) is 79.8 cm³/mol. The van der Waals surface area contributed by atoms with Crippen LogP contribution in [0.25, 0.3) is 0 Å². The summed E-state index contributed by atoms with van der Waals surface area (Å²) in [6.07, 6.45) is 0.933. The number of likely N-dealkylation sites (tertiary alicyclic amines) is 1. The van der Waals surface area contributed by atoms with E-state index in [1.54, 1.807) is 11.8 Å². The minimum atomic E-state index is -0.914. The van der Waals surface area contributed by atoms with Crippen LogP contribution in [0.3, 0.4) is 0 Å². The molecule has 0 aliphatic carbocycles. The van der Waals surface area contributed by atoms with Crippen LogP contribution in [0.4, 0.5) is 4.79 Å². The van der Waals surface area contributed by atoms with Crippen LogP contribution in [0.1, 0.15) is 47.0 Å². The molecule has 0 saturated carbocycles. The van der Waals surface area contributed by atoms with Crippen molar-refractivity contribution >= 4 is 12.0 Å². The van der Waals surface area contributed by atoms with Gasteiger partial charge in [-0.05, 0) is 46.0 Å². The Kier molecular flexibility index (Phi) is 6.45. The van der Waals surface area contributed by atoms with Gasteiger partial charge in [-0.25, -0.2) is 4.79 Å². The van der Waals surface area contributed by atoms with Crippen molar-refractivity contribution in [2.45, 2.75) is 58.7 Å². The summed E-state index contributed by atoms with van der Waals surface area (Å²) in [7, 11) is 0. The molecule has 0 unspecified atom stereocenters. The lowest BCUT2D eigenvalue weighted by Gasteiger charge is -2.34. The van der Waals surface area contributed by atoms with E-state index < -0.39 is 17.8 Å². The van der Waals surface area contributed by atoms with Crippen LogP contribution in [-0.2, 0) is 9.53 Å². The van der Waals surface area contributed by atoms with Gasteiger partial charge in [0.15, 0.2) is 0 Å².